The van der Waals surface area contributed by atoms with Crippen LogP contribution in [0.2, 0.25) is 0 Å². The summed E-state index contributed by atoms with van der Waals surface area (Å²) in [6.45, 7) is 1.66. The van der Waals surface area contributed by atoms with E-state index in [9.17, 15) is 9.18 Å². The molecule has 1 atom stereocenters. The Hall–Kier alpha value is -2.70. The molecule has 0 bridgehead atoms. The van der Waals surface area contributed by atoms with Crippen molar-refractivity contribution in [1.82, 2.24) is 15.3 Å². The van der Waals surface area contributed by atoms with E-state index in [1.807, 2.05) is 31.2 Å². The minimum Gasteiger partial charge on any atom is -0.453 e. The first-order valence-electron chi connectivity index (χ1n) is 7.68. The molecule has 0 radical (unpaired) electrons. The fraction of sp³-hybridized carbons (Fsp3) is 0.353. The second kappa shape index (κ2) is 8.81. The quantitative estimate of drug-likeness (QED) is 0.815. The second-order valence-corrected chi connectivity index (χ2v) is 5.35. The third-order valence-electron chi connectivity index (χ3n) is 3.41. The highest BCUT2D eigenvalue weighted by molar-refractivity contribution is 5.67. The Labute approximate surface area is 140 Å². The van der Waals surface area contributed by atoms with Crippen LogP contribution in [0.4, 0.5) is 15.1 Å². The third-order valence-corrected chi connectivity index (χ3v) is 3.41. The Morgan fingerprint density at radius 1 is 1.21 bits per heavy atom. The van der Waals surface area contributed by atoms with Gasteiger partial charge in [-0.25, -0.2) is 19.2 Å². The van der Waals surface area contributed by atoms with E-state index in [2.05, 4.69) is 25.3 Å². The van der Waals surface area contributed by atoms with Crippen LogP contribution in [0, 0.1) is 0 Å². The van der Waals surface area contributed by atoms with Crippen molar-refractivity contribution >= 4 is 12.0 Å². The van der Waals surface area contributed by atoms with Crippen LogP contribution in [0.1, 0.15) is 12.5 Å². The summed E-state index contributed by atoms with van der Waals surface area (Å²) in [6.07, 6.45) is 3.67. The molecule has 0 aliphatic carbocycles. The lowest BCUT2D eigenvalue weighted by atomic mass is 10.0. The molecule has 0 saturated carbocycles. The Kier molecular flexibility index (Phi) is 6.48. The zero-order valence-corrected chi connectivity index (χ0v) is 13.8. The number of aromatic nitrogens is 2. The average molecular weight is 332 g/mol. The fourth-order valence-corrected chi connectivity index (χ4v) is 2.23. The molecule has 1 heterocycles. The standard InChI is InChI=1S/C17H21FN4O2/c1-12(22-17(23)24-2)9-13-3-5-14(6-4-13)15-10-20-16(21-11-15)19-8-7-18/h3-6,10-12H,7-9H2,1-2H3,(H,22,23)(H,19,20,21). The van der Waals surface area contributed by atoms with Gasteiger partial charge in [-0.05, 0) is 24.5 Å². The zero-order chi connectivity index (χ0) is 17.4. The molecule has 1 unspecified atom stereocenters. The molecule has 128 valence electrons. The number of rotatable bonds is 7. The van der Waals surface area contributed by atoms with Crippen LogP contribution in [0.5, 0.6) is 0 Å². The minimum atomic E-state index is -0.462. The Morgan fingerprint density at radius 3 is 2.46 bits per heavy atom. The van der Waals surface area contributed by atoms with E-state index < -0.39 is 12.8 Å². The van der Waals surface area contributed by atoms with E-state index in [0.717, 1.165) is 16.7 Å². The van der Waals surface area contributed by atoms with Gasteiger partial charge in [-0.2, -0.15) is 0 Å². The molecule has 0 saturated heterocycles. The Balaban J connectivity index is 1.97. The maximum atomic E-state index is 12.1. The normalized spacial score (nSPS) is 11.6. The summed E-state index contributed by atoms with van der Waals surface area (Å²) in [7, 11) is 1.34. The van der Waals surface area contributed by atoms with E-state index in [1.54, 1.807) is 12.4 Å². The van der Waals surface area contributed by atoms with Crippen molar-refractivity contribution in [2.24, 2.45) is 0 Å². The number of benzene rings is 1. The molecule has 6 nitrogen and oxygen atoms in total. The number of amides is 1. The predicted molar refractivity (Wildman–Crippen MR) is 90.6 cm³/mol. The number of hydrogen-bond acceptors (Lipinski definition) is 5. The third kappa shape index (κ3) is 5.19. The SMILES string of the molecule is COC(=O)NC(C)Cc1ccc(-c2cnc(NCCF)nc2)cc1. The highest BCUT2D eigenvalue weighted by Crippen LogP contribution is 2.19. The molecular weight excluding hydrogens is 311 g/mol. The molecule has 2 aromatic rings. The van der Waals surface area contributed by atoms with Gasteiger partial charge in [0.05, 0.1) is 7.11 Å². The van der Waals surface area contributed by atoms with Crippen molar-refractivity contribution in [3.05, 3.63) is 42.2 Å². The van der Waals surface area contributed by atoms with E-state index in [-0.39, 0.29) is 12.6 Å². The van der Waals surface area contributed by atoms with Crippen LogP contribution in [0.25, 0.3) is 11.1 Å². The smallest absolute Gasteiger partial charge is 0.407 e. The van der Waals surface area contributed by atoms with E-state index in [4.69, 9.17) is 0 Å². The summed E-state index contributed by atoms with van der Waals surface area (Å²) in [4.78, 5) is 19.5. The van der Waals surface area contributed by atoms with Gasteiger partial charge in [-0.1, -0.05) is 24.3 Å². The van der Waals surface area contributed by atoms with Gasteiger partial charge >= 0.3 is 6.09 Å². The zero-order valence-electron chi connectivity index (χ0n) is 13.8. The van der Waals surface area contributed by atoms with Crippen molar-refractivity contribution < 1.29 is 13.9 Å². The van der Waals surface area contributed by atoms with Gasteiger partial charge in [0.2, 0.25) is 5.95 Å². The number of halogens is 1. The number of alkyl halides is 1. The predicted octanol–water partition coefficient (Wildman–Crippen LogP) is 2.81. The monoisotopic (exact) mass is 332 g/mol. The number of ether oxygens (including phenoxy) is 1. The molecule has 1 aromatic carbocycles. The van der Waals surface area contributed by atoms with Gasteiger partial charge in [-0.15, -0.1) is 0 Å². The second-order valence-electron chi connectivity index (χ2n) is 5.35. The summed E-state index contributed by atoms with van der Waals surface area (Å²) in [6, 6.07) is 7.94. The molecular formula is C17H21FN4O2. The lowest BCUT2D eigenvalue weighted by Gasteiger charge is -2.13. The highest BCUT2D eigenvalue weighted by Gasteiger charge is 2.08. The molecule has 0 fully saturated rings. The van der Waals surface area contributed by atoms with Gasteiger partial charge in [-0.3, -0.25) is 0 Å². The van der Waals surface area contributed by atoms with E-state index in [1.165, 1.54) is 7.11 Å². The van der Waals surface area contributed by atoms with Crippen LogP contribution in [-0.4, -0.2) is 42.4 Å². The summed E-state index contributed by atoms with van der Waals surface area (Å²) >= 11 is 0. The number of carbonyl (C=O) groups excluding carboxylic acids is 1. The molecule has 0 aliphatic heterocycles. The van der Waals surface area contributed by atoms with Crippen LogP contribution < -0.4 is 10.6 Å². The van der Waals surface area contributed by atoms with Crippen LogP contribution in [0.3, 0.4) is 0 Å². The molecule has 1 amide bonds. The van der Waals surface area contributed by atoms with Crippen molar-refractivity contribution in [2.75, 3.05) is 25.6 Å². The van der Waals surface area contributed by atoms with Crippen LogP contribution in [-0.2, 0) is 11.2 Å². The van der Waals surface area contributed by atoms with Crippen molar-refractivity contribution in [3.63, 3.8) is 0 Å². The Morgan fingerprint density at radius 2 is 1.88 bits per heavy atom. The van der Waals surface area contributed by atoms with E-state index >= 15 is 0 Å². The molecule has 24 heavy (non-hydrogen) atoms. The summed E-state index contributed by atoms with van der Waals surface area (Å²) < 4.78 is 16.7. The van der Waals surface area contributed by atoms with Gasteiger partial charge < -0.3 is 15.4 Å². The molecule has 1 aromatic heterocycles. The lowest BCUT2D eigenvalue weighted by molar-refractivity contribution is 0.167. The fourth-order valence-electron chi connectivity index (χ4n) is 2.23. The summed E-state index contributed by atoms with van der Waals surface area (Å²) in [5.74, 6) is 0.413. The first-order valence-corrected chi connectivity index (χ1v) is 7.68. The number of methoxy groups -OCH3 is 1. The number of hydrogen-bond donors (Lipinski definition) is 2. The minimum absolute atomic E-state index is 0.0208. The van der Waals surface area contributed by atoms with Gasteiger partial charge in [0, 0.05) is 30.5 Å². The molecule has 0 spiro atoms. The molecule has 0 aliphatic rings. The largest absolute Gasteiger partial charge is 0.453 e. The summed E-state index contributed by atoms with van der Waals surface area (Å²) in [5, 5.41) is 5.51. The van der Waals surface area contributed by atoms with Crippen molar-refractivity contribution in [3.8, 4) is 11.1 Å². The Bertz CT molecular complexity index is 647. The lowest BCUT2D eigenvalue weighted by Crippen LogP contribution is -2.33. The molecule has 2 N–H and O–H groups in total. The molecule has 7 heteroatoms. The highest BCUT2D eigenvalue weighted by atomic mass is 19.1. The van der Waals surface area contributed by atoms with Gasteiger partial charge in [0.1, 0.15) is 6.67 Å². The van der Waals surface area contributed by atoms with Crippen molar-refractivity contribution in [1.29, 1.82) is 0 Å². The number of nitrogens with one attached hydrogen (secondary N) is 2. The van der Waals surface area contributed by atoms with Gasteiger partial charge in [0.15, 0.2) is 0 Å². The maximum absolute atomic E-state index is 12.1. The van der Waals surface area contributed by atoms with Crippen LogP contribution in [0.15, 0.2) is 36.7 Å². The maximum Gasteiger partial charge on any atom is 0.407 e. The van der Waals surface area contributed by atoms with Crippen molar-refractivity contribution in [2.45, 2.75) is 19.4 Å². The number of anilines is 1. The topological polar surface area (TPSA) is 76.1 Å². The molecule has 2 rings (SSSR count). The average Bonchev–Trinajstić information content (AvgIpc) is 2.61. The number of carbonyl (C=O) groups is 1. The number of nitrogens with zero attached hydrogens (tertiary/aromatic N) is 2. The summed E-state index contributed by atoms with van der Waals surface area (Å²) in [5.41, 5.74) is 2.97. The number of alkyl carbamates (subject to hydrolysis) is 1. The van der Waals surface area contributed by atoms with E-state index in [0.29, 0.717) is 12.4 Å². The van der Waals surface area contributed by atoms with Crippen LogP contribution >= 0.6 is 0 Å². The first-order chi connectivity index (χ1) is 11.6. The van der Waals surface area contributed by atoms with Gasteiger partial charge in [0.25, 0.3) is 0 Å². The first kappa shape index (κ1) is 17.7.